The standard InChI is InChI=1S/C17H36O4.C12H24O5/c1-6-8-10-18-12-15(3)20-14-17(5)21-13-16(4)19-11-9-7-2;1-9(14-5)6-15-10(2)7-16-11(3)8-17-12(4)13/h15-17H,6-14H2,1-5H3;9-11H,6-8H2,1-5H3. The maximum Gasteiger partial charge on any atom is 0.302 e. The molecule has 0 aliphatic carbocycles. The summed E-state index contributed by atoms with van der Waals surface area (Å²) in [5, 5.41) is 0. The van der Waals surface area contributed by atoms with Gasteiger partial charge in [0, 0.05) is 27.2 Å². The summed E-state index contributed by atoms with van der Waals surface area (Å²) < 4.78 is 43.5. The van der Waals surface area contributed by atoms with Crippen LogP contribution in [0.3, 0.4) is 0 Å². The smallest absolute Gasteiger partial charge is 0.302 e. The Kier molecular flexibility index (Phi) is 28.7. The molecule has 0 N–H and O–H groups in total. The Bertz CT molecular complexity index is 506. The van der Waals surface area contributed by atoms with Gasteiger partial charge in [0.1, 0.15) is 6.61 Å². The van der Waals surface area contributed by atoms with Gasteiger partial charge in [-0.3, -0.25) is 4.79 Å². The Morgan fingerprint density at radius 3 is 1.39 bits per heavy atom. The third-order valence-electron chi connectivity index (χ3n) is 5.28. The van der Waals surface area contributed by atoms with Gasteiger partial charge in [0.05, 0.1) is 69.7 Å². The van der Waals surface area contributed by atoms with Crippen molar-refractivity contribution in [3.63, 3.8) is 0 Å². The molecule has 9 heteroatoms. The molecule has 0 aliphatic heterocycles. The van der Waals surface area contributed by atoms with Gasteiger partial charge in [-0.2, -0.15) is 0 Å². The van der Waals surface area contributed by atoms with Crippen LogP contribution < -0.4 is 0 Å². The molecule has 0 spiro atoms. The number of unbranched alkanes of at least 4 members (excludes halogenated alkanes) is 2. The van der Waals surface area contributed by atoms with Crippen molar-refractivity contribution in [1.29, 1.82) is 0 Å². The molecule has 6 atom stereocenters. The minimum atomic E-state index is -0.293. The quantitative estimate of drug-likeness (QED) is 0.118. The summed E-state index contributed by atoms with van der Waals surface area (Å²) in [7, 11) is 1.65. The molecule has 6 unspecified atom stereocenters. The van der Waals surface area contributed by atoms with Gasteiger partial charge in [-0.25, -0.2) is 0 Å². The maximum absolute atomic E-state index is 10.6. The predicted octanol–water partition coefficient (Wildman–Crippen LogP) is 5.21. The average Bonchev–Trinajstić information content (AvgIpc) is 2.89. The van der Waals surface area contributed by atoms with E-state index in [1.807, 2.05) is 41.5 Å². The molecule has 0 radical (unpaired) electrons. The Morgan fingerprint density at radius 1 is 0.553 bits per heavy atom. The highest BCUT2D eigenvalue weighted by atomic mass is 16.6. The SMILES string of the molecule is CCCCOCC(C)OCC(C)OCC(C)OCCCC.COC(C)COC(C)COC(C)COC(C)=O. The van der Waals surface area contributed by atoms with Crippen LogP contribution in [0.1, 0.15) is 88.0 Å². The molecular formula is C29H60O9. The summed E-state index contributed by atoms with van der Waals surface area (Å²) in [6.07, 6.45) is 4.85. The average molecular weight is 553 g/mol. The van der Waals surface area contributed by atoms with E-state index in [0.29, 0.717) is 33.0 Å². The van der Waals surface area contributed by atoms with E-state index < -0.39 is 0 Å². The van der Waals surface area contributed by atoms with E-state index in [9.17, 15) is 4.79 Å². The summed E-state index contributed by atoms with van der Waals surface area (Å²) in [6, 6.07) is 0. The van der Waals surface area contributed by atoms with Gasteiger partial charge in [0.25, 0.3) is 0 Å². The zero-order valence-corrected chi connectivity index (χ0v) is 26.1. The van der Waals surface area contributed by atoms with E-state index >= 15 is 0 Å². The van der Waals surface area contributed by atoms with Crippen LogP contribution in [0.5, 0.6) is 0 Å². The first kappa shape index (κ1) is 39.3. The molecule has 0 rings (SSSR count). The first-order valence-electron chi connectivity index (χ1n) is 14.4. The van der Waals surface area contributed by atoms with E-state index in [4.69, 9.17) is 37.9 Å². The molecule has 0 amide bonds. The predicted molar refractivity (Wildman–Crippen MR) is 151 cm³/mol. The van der Waals surface area contributed by atoms with Gasteiger partial charge in [0.2, 0.25) is 0 Å². The first-order valence-corrected chi connectivity index (χ1v) is 14.4. The highest BCUT2D eigenvalue weighted by molar-refractivity contribution is 5.65. The number of ether oxygens (including phenoxy) is 8. The second-order valence-electron chi connectivity index (χ2n) is 9.89. The minimum Gasteiger partial charge on any atom is -0.463 e. The third-order valence-corrected chi connectivity index (χ3v) is 5.28. The molecule has 0 aliphatic rings. The third kappa shape index (κ3) is 29.7. The van der Waals surface area contributed by atoms with Gasteiger partial charge in [0.15, 0.2) is 0 Å². The maximum atomic E-state index is 10.6. The Labute approximate surface area is 233 Å². The van der Waals surface area contributed by atoms with Gasteiger partial charge < -0.3 is 37.9 Å². The van der Waals surface area contributed by atoms with Crippen molar-refractivity contribution < 1.29 is 42.7 Å². The van der Waals surface area contributed by atoms with E-state index in [1.54, 1.807) is 7.11 Å². The van der Waals surface area contributed by atoms with Gasteiger partial charge >= 0.3 is 5.97 Å². The summed E-state index contributed by atoms with van der Waals surface area (Å²) in [5.74, 6) is -0.293. The minimum absolute atomic E-state index is 0.00706. The van der Waals surface area contributed by atoms with Crippen LogP contribution in [0.15, 0.2) is 0 Å². The number of hydrogen-bond donors (Lipinski definition) is 0. The Balaban J connectivity index is 0. The molecular weight excluding hydrogens is 492 g/mol. The van der Waals surface area contributed by atoms with Crippen molar-refractivity contribution >= 4 is 5.97 Å². The summed E-state index contributed by atoms with van der Waals surface area (Å²) in [5.41, 5.74) is 0. The molecule has 9 nitrogen and oxygen atoms in total. The van der Waals surface area contributed by atoms with Crippen LogP contribution in [-0.4, -0.2) is 103 Å². The lowest BCUT2D eigenvalue weighted by molar-refractivity contribution is -0.146. The highest BCUT2D eigenvalue weighted by Crippen LogP contribution is 2.03. The number of carbonyl (C=O) groups excluding carboxylic acids is 1. The summed E-state index contributed by atoms with van der Waals surface area (Å²) >= 11 is 0. The number of methoxy groups -OCH3 is 1. The van der Waals surface area contributed by atoms with Gasteiger partial charge in [-0.05, 0) is 54.4 Å². The molecule has 0 saturated heterocycles. The molecule has 0 saturated carbocycles. The number of hydrogen-bond acceptors (Lipinski definition) is 9. The molecule has 38 heavy (non-hydrogen) atoms. The Hall–Kier alpha value is -0.810. The van der Waals surface area contributed by atoms with E-state index in [0.717, 1.165) is 32.5 Å². The van der Waals surface area contributed by atoms with Crippen LogP contribution in [-0.2, 0) is 42.7 Å². The molecule has 0 bridgehead atoms. The van der Waals surface area contributed by atoms with Crippen molar-refractivity contribution in [2.45, 2.75) is 125 Å². The van der Waals surface area contributed by atoms with E-state index in [-0.39, 0.29) is 49.2 Å². The first-order chi connectivity index (χ1) is 18.0. The molecule has 0 aromatic heterocycles. The second kappa shape index (κ2) is 27.7. The number of esters is 1. The van der Waals surface area contributed by atoms with Crippen LogP contribution in [0.25, 0.3) is 0 Å². The lowest BCUT2D eigenvalue weighted by atomic mass is 10.3. The zero-order chi connectivity index (χ0) is 29.2. The fourth-order valence-electron chi connectivity index (χ4n) is 2.67. The molecule has 0 fully saturated rings. The Morgan fingerprint density at radius 2 is 0.947 bits per heavy atom. The van der Waals surface area contributed by atoms with Gasteiger partial charge in [-0.15, -0.1) is 0 Å². The van der Waals surface area contributed by atoms with Crippen LogP contribution >= 0.6 is 0 Å². The zero-order valence-electron chi connectivity index (χ0n) is 26.1. The van der Waals surface area contributed by atoms with Crippen LogP contribution in [0.4, 0.5) is 0 Å². The lowest BCUT2D eigenvalue weighted by Gasteiger charge is -2.20. The van der Waals surface area contributed by atoms with Crippen LogP contribution in [0.2, 0.25) is 0 Å². The molecule has 0 heterocycles. The van der Waals surface area contributed by atoms with E-state index in [2.05, 4.69) is 13.8 Å². The fraction of sp³-hybridized carbons (Fsp3) is 0.966. The van der Waals surface area contributed by atoms with Crippen molar-refractivity contribution in [2.75, 3.05) is 60.0 Å². The monoisotopic (exact) mass is 552 g/mol. The second-order valence-corrected chi connectivity index (χ2v) is 9.89. The van der Waals surface area contributed by atoms with Crippen molar-refractivity contribution in [3.8, 4) is 0 Å². The topological polar surface area (TPSA) is 90.9 Å². The van der Waals surface area contributed by atoms with Crippen molar-refractivity contribution in [1.82, 2.24) is 0 Å². The largest absolute Gasteiger partial charge is 0.463 e. The van der Waals surface area contributed by atoms with Crippen molar-refractivity contribution in [3.05, 3.63) is 0 Å². The lowest BCUT2D eigenvalue weighted by Crippen LogP contribution is -2.26. The van der Waals surface area contributed by atoms with Crippen LogP contribution in [0, 0.1) is 0 Å². The molecule has 230 valence electrons. The van der Waals surface area contributed by atoms with Crippen molar-refractivity contribution in [2.24, 2.45) is 0 Å². The summed E-state index contributed by atoms with van der Waals surface area (Å²) in [4.78, 5) is 10.6. The highest BCUT2D eigenvalue weighted by Gasteiger charge is 2.11. The number of carbonyl (C=O) groups is 1. The van der Waals surface area contributed by atoms with E-state index in [1.165, 1.54) is 13.3 Å². The molecule has 0 aromatic carbocycles. The summed E-state index contributed by atoms with van der Waals surface area (Å²) in [6.45, 7) is 22.3. The number of rotatable bonds is 24. The normalized spacial score (nSPS) is 16.1. The molecule has 0 aromatic rings. The fourth-order valence-corrected chi connectivity index (χ4v) is 2.67. The van der Waals surface area contributed by atoms with Gasteiger partial charge in [-0.1, -0.05) is 26.7 Å².